The van der Waals surface area contributed by atoms with Crippen LogP contribution >= 0.6 is 0 Å². The number of nitrogens with one attached hydrogen (secondary N) is 4. The number of urea groups is 1. The Kier molecular flexibility index (Phi) is 19.5. The number of rotatable bonds is 15. The van der Waals surface area contributed by atoms with Crippen molar-refractivity contribution >= 4 is 44.4 Å². The summed E-state index contributed by atoms with van der Waals surface area (Å²) in [6.45, 7) is 6.04. The van der Waals surface area contributed by atoms with E-state index in [1.165, 1.54) is 11.9 Å². The summed E-state index contributed by atoms with van der Waals surface area (Å²) in [6, 6.07) is -1.96. The third-order valence-electron chi connectivity index (χ3n) is 5.66. The van der Waals surface area contributed by atoms with Crippen molar-refractivity contribution in [3.8, 4) is 0 Å². The third kappa shape index (κ3) is 12.9. The van der Waals surface area contributed by atoms with Crippen LogP contribution in [0.1, 0.15) is 65.7 Å². The molecular weight excluding hydrogens is 542 g/mol. The Bertz CT molecular complexity index is 755. The molecule has 0 aromatic carbocycles. The normalized spacial score (nSPS) is 16.4. The molecule has 0 bridgehead atoms. The topological polar surface area (TPSA) is 154 Å². The summed E-state index contributed by atoms with van der Waals surface area (Å²) in [7, 11) is 1.50. The van der Waals surface area contributed by atoms with Gasteiger partial charge < -0.3 is 26.1 Å². The van der Waals surface area contributed by atoms with Crippen molar-refractivity contribution in [1.82, 2.24) is 26.2 Å². The monoisotopic (exact) mass is 580 g/mol. The molecule has 1 heterocycles. The zero-order valence-corrected chi connectivity index (χ0v) is 24.6. The smallest absolute Gasteiger partial charge is 0.314 e. The Morgan fingerprint density at radius 2 is 1.75 bits per heavy atom. The van der Waals surface area contributed by atoms with Crippen molar-refractivity contribution in [3.05, 3.63) is 0 Å². The number of carbonyl (C=O) groups is 5. The van der Waals surface area contributed by atoms with Crippen molar-refractivity contribution in [2.45, 2.75) is 77.8 Å². The fourth-order valence-electron chi connectivity index (χ4n) is 3.61. The van der Waals surface area contributed by atoms with E-state index in [0.717, 1.165) is 0 Å². The third-order valence-corrected chi connectivity index (χ3v) is 5.66. The molecule has 36 heavy (non-hydrogen) atoms. The molecule has 0 aromatic rings. The summed E-state index contributed by atoms with van der Waals surface area (Å²) in [5.41, 5.74) is 0. The summed E-state index contributed by atoms with van der Waals surface area (Å²) in [4.78, 5) is 72.3. The number of imide groups is 1. The van der Waals surface area contributed by atoms with Crippen LogP contribution in [0.3, 0.4) is 0 Å². The fourth-order valence-corrected chi connectivity index (χ4v) is 3.61. The summed E-state index contributed by atoms with van der Waals surface area (Å²) in [5.74, 6) is -1.47. The molecule has 4 radical (unpaired) electrons. The van der Waals surface area contributed by atoms with Crippen LogP contribution in [0.5, 0.6) is 0 Å². The van der Waals surface area contributed by atoms with Gasteiger partial charge in [0.15, 0.2) is 0 Å². The summed E-state index contributed by atoms with van der Waals surface area (Å²) >= 11 is 0. The van der Waals surface area contributed by atoms with Crippen LogP contribution < -0.4 is 21.3 Å². The van der Waals surface area contributed by atoms with Gasteiger partial charge in [0.1, 0.15) is 6.04 Å². The van der Waals surface area contributed by atoms with Crippen LogP contribution in [-0.2, 0) is 56.7 Å². The van der Waals surface area contributed by atoms with Crippen LogP contribution in [0.2, 0.25) is 0 Å². The van der Waals surface area contributed by atoms with Gasteiger partial charge in [-0.05, 0) is 25.2 Å². The Morgan fingerprint density at radius 3 is 2.28 bits per heavy atom. The van der Waals surface area contributed by atoms with Crippen LogP contribution in [0.4, 0.5) is 4.79 Å². The minimum atomic E-state index is -0.837. The number of carbonyl (C=O) groups excluding carboxylic acids is 6. The molecule has 11 nitrogen and oxygen atoms in total. The Balaban J connectivity index is 0. The Morgan fingerprint density at radius 1 is 1.08 bits per heavy atom. The molecular formula is C23H38BN5O6Y-. The molecule has 3 atom stereocenters. The quantitative estimate of drug-likeness (QED) is 0.0927. The Hall–Kier alpha value is -1.81. The van der Waals surface area contributed by atoms with Gasteiger partial charge in [-0.25, -0.2) is 11.1 Å². The van der Waals surface area contributed by atoms with Gasteiger partial charge in [-0.2, -0.15) is 0 Å². The number of nitrogens with zero attached hydrogens (tertiary/aromatic N) is 1. The summed E-state index contributed by atoms with van der Waals surface area (Å²) in [6.07, 6.45) is 4.89. The second-order valence-corrected chi connectivity index (χ2v) is 8.92. The first-order chi connectivity index (χ1) is 16.1. The van der Waals surface area contributed by atoms with Gasteiger partial charge in [0.05, 0.1) is 0 Å². The van der Waals surface area contributed by atoms with E-state index in [1.807, 2.05) is 0 Å². The zero-order chi connectivity index (χ0) is 25.7. The van der Waals surface area contributed by atoms with Crippen molar-refractivity contribution in [1.29, 1.82) is 0 Å². The fraction of sp³-hybridized carbons (Fsp3) is 0.739. The van der Waals surface area contributed by atoms with E-state index in [9.17, 15) is 28.8 Å². The Labute approximate surface area is 240 Å². The average Bonchev–Trinajstić information content (AvgIpc) is 3.04. The number of amides is 6. The van der Waals surface area contributed by atoms with Crippen molar-refractivity contribution in [2.24, 2.45) is 11.8 Å². The number of hydrogen-bond acceptors (Lipinski definition) is 6. The van der Waals surface area contributed by atoms with Crippen LogP contribution in [0.25, 0.3) is 0 Å². The van der Waals surface area contributed by atoms with Crippen molar-refractivity contribution in [3.63, 3.8) is 0 Å². The molecule has 2 unspecified atom stereocenters. The number of likely N-dealkylation sites (tertiary alicyclic amines) is 1. The van der Waals surface area contributed by atoms with Gasteiger partial charge in [0.25, 0.3) is 0 Å². The maximum atomic E-state index is 12.6. The first-order valence-corrected chi connectivity index (χ1v) is 11.9. The van der Waals surface area contributed by atoms with Gasteiger partial charge in [-0.15, -0.1) is 0 Å². The van der Waals surface area contributed by atoms with E-state index in [0.29, 0.717) is 45.2 Å². The average molecular weight is 580 g/mol. The standard InChI is InChI=1S/C23H38N5O6.B.Y/c1-15(2)20(21(32)26-17(14-29)9-8-11-25-23(34)24-4)27-18(30)10-6-5-7-12-28-19(31)13-16(3)22(28)33;;/h15-17,20H,5-13H2,1-4H3,(H,26,32)(H,27,30)(H2,24,25,34);;/q-1;;/t16?,17-,20?;;/m0../s1. The molecule has 0 aliphatic carbocycles. The minimum absolute atomic E-state index is 0. The van der Waals surface area contributed by atoms with E-state index in [2.05, 4.69) is 21.3 Å². The molecule has 0 spiro atoms. The predicted molar refractivity (Wildman–Crippen MR) is 131 cm³/mol. The van der Waals surface area contributed by atoms with Crippen LogP contribution in [-0.4, -0.2) is 81.5 Å². The largest absolute Gasteiger partial charge is 0.540 e. The summed E-state index contributed by atoms with van der Waals surface area (Å²) < 4.78 is 0. The van der Waals surface area contributed by atoms with E-state index in [-0.39, 0.29) is 89.6 Å². The molecule has 0 saturated carbocycles. The zero-order valence-electron chi connectivity index (χ0n) is 21.7. The molecule has 1 aliphatic heterocycles. The van der Waals surface area contributed by atoms with E-state index in [4.69, 9.17) is 0 Å². The number of unbranched alkanes of at least 4 members (excludes halogenated alkanes) is 2. The SMILES string of the molecule is CNC(=O)NCCC[C@@H]([C-]=O)NC(=O)C(NC(=O)CCCCCN1C(=O)CC(C)C1=O)C(C)C.[B].[Y]. The van der Waals surface area contributed by atoms with Gasteiger partial charge in [-0.1, -0.05) is 39.7 Å². The first kappa shape index (κ1) is 36.3. The second kappa shape index (κ2) is 19.3. The van der Waals surface area contributed by atoms with Crippen LogP contribution in [0, 0.1) is 11.8 Å². The molecule has 1 rings (SSSR count). The summed E-state index contributed by atoms with van der Waals surface area (Å²) in [5, 5.41) is 10.3. The minimum Gasteiger partial charge on any atom is -0.540 e. The molecule has 1 aliphatic rings. The maximum Gasteiger partial charge on any atom is 0.314 e. The van der Waals surface area contributed by atoms with Gasteiger partial charge >= 0.3 is 6.03 Å². The molecule has 6 amide bonds. The molecule has 198 valence electrons. The molecule has 4 N–H and O–H groups in total. The van der Waals surface area contributed by atoms with Crippen molar-refractivity contribution in [2.75, 3.05) is 20.1 Å². The van der Waals surface area contributed by atoms with Crippen molar-refractivity contribution < 1.29 is 61.5 Å². The van der Waals surface area contributed by atoms with E-state index >= 15 is 0 Å². The molecule has 1 saturated heterocycles. The number of hydrogen-bond donors (Lipinski definition) is 4. The van der Waals surface area contributed by atoms with Gasteiger partial charge in [0, 0.05) is 80.0 Å². The van der Waals surface area contributed by atoms with Gasteiger partial charge in [-0.3, -0.25) is 24.1 Å². The first-order valence-electron chi connectivity index (χ1n) is 11.9. The predicted octanol–water partition coefficient (Wildman–Crippen LogP) is 0.00300. The van der Waals surface area contributed by atoms with Crippen LogP contribution in [0.15, 0.2) is 0 Å². The second-order valence-electron chi connectivity index (χ2n) is 8.92. The van der Waals surface area contributed by atoms with E-state index in [1.54, 1.807) is 27.1 Å². The van der Waals surface area contributed by atoms with Gasteiger partial charge in [0.2, 0.25) is 23.6 Å². The molecule has 0 aromatic heterocycles. The molecule has 1 fully saturated rings. The molecule has 13 heteroatoms. The maximum absolute atomic E-state index is 12.6. The van der Waals surface area contributed by atoms with E-state index < -0.39 is 18.0 Å².